The van der Waals surface area contributed by atoms with Crippen molar-refractivity contribution in [2.75, 3.05) is 13.3 Å². The summed E-state index contributed by atoms with van der Waals surface area (Å²) >= 11 is 1.68. The second-order valence-corrected chi connectivity index (χ2v) is 4.81. The SMILES string of the molecule is CNC(C)(C)C(=O)c1ccc(SC)cc1. The minimum absolute atomic E-state index is 0.123. The van der Waals surface area contributed by atoms with Crippen LogP contribution in [-0.4, -0.2) is 24.6 Å². The van der Waals surface area contributed by atoms with Crippen molar-refractivity contribution in [2.24, 2.45) is 0 Å². The van der Waals surface area contributed by atoms with Crippen molar-refractivity contribution < 1.29 is 4.79 Å². The minimum Gasteiger partial charge on any atom is -0.308 e. The Morgan fingerprint density at radius 3 is 2.20 bits per heavy atom. The van der Waals surface area contributed by atoms with Crippen LogP contribution in [0.2, 0.25) is 0 Å². The van der Waals surface area contributed by atoms with Crippen molar-refractivity contribution in [3.63, 3.8) is 0 Å². The quantitative estimate of drug-likeness (QED) is 0.628. The number of hydrogen-bond donors (Lipinski definition) is 1. The molecule has 1 aromatic rings. The first-order valence-corrected chi connectivity index (χ1v) is 6.11. The fourth-order valence-electron chi connectivity index (χ4n) is 1.22. The average molecular weight is 223 g/mol. The van der Waals surface area contributed by atoms with Gasteiger partial charge in [-0.05, 0) is 39.3 Å². The fourth-order valence-corrected chi connectivity index (χ4v) is 1.63. The third-order valence-electron chi connectivity index (χ3n) is 2.54. The van der Waals surface area contributed by atoms with E-state index in [0.29, 0.717) is 0 Å². The van der Waals surface area contributed by atoms with Gasteiger partial charge in [-0.15, -0.1) is 11.8 Å². The molecule has 2 nitrogen and oxygen atoms in total. The molecule has 0 radical (unpaired) electrons. The molecule has 0 aliphatic carbocycles. The summed E-state index contributed by atoms with van der Waals surface area (Å²) in [4.78, 5) is 13.2. The number of carbonyl (C=O) groups excluding carboxylic acids is 1. The molecule has 0 unspecified atom stereocenters. The van der Waals surface area contributed by atoms with Gasteiger partial charge in [-0.1, -0.05) is 12.1 Å². The topological polar surface area (TPSA) is 29.1 Å². The normalized spacial score (nSPS) is 11.5. The highest BCUT2D eigenvalue weighted by atomic mass is 32.2. The number of thioether (sulfide) groups is 1. The Morgan fingerprint density at radius 1 is 1.27 bits per heavy atom. The van der Waals surface area contributed by atoms with Crippen molar-refractivity contribution in [3.05, 3.63) is 29.8 Å². The summed E-state index contributed by atoms with van der Waals surface area (Å²) in [5.74, 6) is 0.123. The van der Waals surface area contributed by atoms with Gasteiger partial charge in [0.15, 0.2) is 5.78 Å². The lowest BCUT2D eigenvalue weighted by Gasteiger charge is -2.22. The summed E-state index contributed by atoms with van der Waals surface area (Å²) in [7, 11) is 1.80. The molecule has 0 aliphatic heterocycles. The van der Waals surface area contributed by atoms with Gasteiger partial charge in [0.1, 0.15) is 0 Å². The number of benzene rings is 1. The number of nitrogens with one attached hydrogen (secondary N) is 1. The molecule has 0 bridgehead atoms. The maximum Gasteiger partial charge on any atom is 0.182 e. The van der Waals surface area contributed by atoms with Gasteiger partial charge in [0.25, 0.3) is 0 Å². The maximum atomic E-state index is 12.0. The molecule has 1 rings (SSSR count). The molecule has 0 atom stereocenters. The summed E-state index contributed by atoms with van der Waals surface area (Å²) in [6.07, 6.45) is 2.02. The Hall–Kier alpha value is -0.800. The van der Waals surface area contributed by atoms with E-state index in [-0.39, 0.29) is 5.78 Å². The number of likely N-dealkylation sites (N-methyl/N-ethyl adjacent to an activating group) is 1. The standard InChI is InChI=1S/C12H17NOS/c1-12(2,13-3)11(14)9-5-7-10(15-4)8-6-9/h5-8,13H,1-4H3. The van der Waals surface area contributed by atoms with E-state index >= 15 is 0 Å². The van der Waals surface area contributed by atoms with Crippen LogP contribution in [0.4, 0.5) is 0 Å². The zero-order valence-corrected chi connectivity index (χ0v) is 10.4. The molecule has 0 aromatic heterocycles. The first kappa shape index (κ1) is 12.3. The van der Waals surface area contributed by atoms with Crippen molar-refractivity contribution in [1.82, 2.24) is 5.32 Å². The largest absolute Gasteiger partial charge is 0.308 e. The molecule has 3 heteroatoms. The molecule has 0 saturated heterocycles. The van der Waals surface area contributed by atoms with Crippen LogP contribution in [0.5, 0.6) is 0 Å². The van der Waals surface area contributed by atoms with E-state index < -0.39 is 5.54 Å². The lowest BCUT2D eigenvalue weighted by Crippen LogP contribution is -2.44. The molecular formula is C12H17NOS. The van der Waals surface area contributed by atoms with Gasteiger partial charge in [-0.25, -0.2) is 0 Å². The average Bonchev–Trinajstić information content (AvgIpc) is 2.28. The van der Waals surface area contributed by atoms with Crippen LogP contribution >= 0.6 is 11.8 Å². The lowest BCUT2D eigenvalue weighted by atomic mass is 9.93. The van der Waals surface area contributed by atoms with Crippen molar-refractivity contribution >= 4 is 17.5 Å². The first-order valence-electron chi connectivity index (χ1n) is 4.89. The van der Waals surface area contributed by atoms with Crippen molar-refractivity contribution in [1.29, 1.82) is 0 Å². The van der Waals surface area contributed by atoms with Gasteiger partial charge in [-0.2, -0.15) is 0 Å². The highest BCUT2D eigenvalue weighted by Gasteiger charge is 2.26. The summed E-state index contributed by atoms with van der Waals surface area (Å²) in [5.41, 5.74) is 0.257. The molecule has 0 amide bonds. The Morgan fingerprint density at radius 2 is 1.80 bits per heavy atom. The van der Waals surface area contributed by atoms with Crippen LogP contribution < -0.4 is 5.32 Å². The van der Waals surface area contributed by atoms with Gasteiger partial charge in [0, 0.05) is 10.5 Å². The molecule has 15 heavy (non-hydrogen) atoms. The minimum atomic E-state index is -0.499. The first-order chi connectivity index (χ1) is 7.01. The van der Waals surface area contributed by atoms with Crippen molar-refractivity contribution in [2.45, 2.75) is 24.3 Å². The molecule has 82 valence electrons. The number of Topliss-reactive ketones (excluding diaryl/α,β-unsaturated/α-hetero) is 1. The second-order valence-electron chi connectivity index (χ2n) is 3.93. The third-order valence-corrected chi connectivity index (χ3v) is 3.29. The number of ketones is 1. The molecule has 0 spiro atoms. The molecule has 0 fully saturated rings. The number of hydrogen-bond acceptors (Lipinski definition) is 3. The maximum absolute atomic E-state index is 12.0. The monoisotopic (exact) mass is 223 g/mol. The van der Waals surface area contributed by atoms with E-state index in [0.717, 1.165) is 5.56 Å². The van der Waals surface area contributed by atoms with Crippen LogP contribution in [0.1, 0.15) is 24.2 Å². The summed E-state index contributed by atoms with van der Waals surface area (Å²) in [6, 6.07) is 7.72. The van der Waals surface area contributed by atoms with E-state index in [1.54, 1.807) is 18.8 Å². The zero-order valence-electron chi connectivity index (χ0n) is 9.63. The van der Waals surface area contributed by atoms with Gasteiger partial charge >= 0.3 is 0 Å². The fraction of sp³-hybridized carbons (Fsp3) is 0.417. The van der Waals surface area contributed by atoms with Crippen LogP contribution in [0.25, 0.3) is 0 Å². The second kappa shape index (κ2) is 4.81. The van der Waals surface area contributed by atoms with Gasteiger partial charge in [-0.3, -0.25) is 4.79 Å². The van der Waals surface area contributed by atoms with Crippen LogP contribution in [0.15, 0.2) is 29.2 Å². The van der Waals surface area contributed by atoms with E-state index in [4.69, 9.17) is 0 Å². The Bertz CT molecular complexity index is 343. The molecule has 0 saturated carbocycles. The summed E-state index contributed by atoms with van der Waals surface area (Å²) < 4.78 is 0. The van der Waals surface area contributed by atoms with Crippen molar-refractivity contribution in [3.8, 4) is 0 Å². The Kier molecular flexibility index (Phi) is 3.94. The third kappa shape index (κ3) is 2.83. The number of carbonyl (C=O) groups is 1. The summed E-state index contributed by atoms with van der Waals surface area (Å²) in [6.45, 7) is 3.77. The van der Waals surface area contributed by atoms with Crippen LogP contribution in [0, 0.1) is 0 Å². The Labute approximate surface area is 95.5 Å². The predicted molar refractivity (Wildman–Crippen MR) is 65.7 cm³/mol. The van der Waals surface area contributed by atoms with E-state index in [1.807, 2.05) is 44.4 Å². The predicted octanol–water partition coefficient (Wildman–Crippen LogP) is 2.59. The molecule has 1 N–H and O–H groups in total. The molecule has 1 aromatic carbocycles. The van der Waals surface area contributed by atoms with E-state index in [2.05, 4.69) is 5.32 Å². The van der Waals surface area contributed by atoms with Gasteiger partial charge < -0.3 is 5.32 Å². The van der Waals surface area contributed by atoms with Crippen LogP contribution in [-0.2, 0) is 0 Å². The molecular weight excluding hydrogens is 206 g/mol. The highest BCUT2D eigenvalue weighted by Crippen LogP contribution is 2.18. The van der Waals surface area contributed by atoms with Crippen LogP contribution in [0.3, 0.4) is 0 Å². The molecule has 0 heterocycles. The highest BCUT2D eigenvalue weighted by molar-refractivity contribution is 7.98. The van der Waals surface area contributed by atoms with E-state index in [1.165, 1.54) is 4.90 Å². The molecule has 0 aliphatic rings. The Balaban J connectivity index is 2.92. The summed E-state index contributed by atoms with van der Waals surface area (Å²) in [5, 5.41) is 3.01. The zero-order chi connectivity index (χ0) is 11.5. The lowest BCUT2D eigenvalue weighted by molar-refractivity contribution is 0.0889. The number of rotatable bonds is 4. The van der Waals surface area contributed by atoms with E-state index in [9.17, 15) is 4.79 Å². The van der Waals surface area contributed by atoms with Gasteiger partial charge in [0.05, 0.1) is 5.54 Å². The smallest absolute Gasteiger partial charge is 0.182 e. The van der Waals surface area contributed by atoms with Gasteiger partial charge in [0.2, 0.25) is 0 Å².